The van der Waals surface area contributed by atoms with Crippen LogP contribution in [0.15, 0.2) is 0 Å². The summed E-state index contributed by atoms with van der Waals surface area (Å²) >= 11 is 0. The molecular formula is C9H18O5S. The summed E-state index contributed by atoms with van der Waals surface area (Å²) in [5.41, 5.74) is 0. The summed E-state index contributed by atoms with van der Waals surface area (Å²) < 4.78 is 39.0. The molecule has 0 aromatic heterocycles. The van der Waals surface area contributed by atoms with Crippen LogP contribution in [0.1, 0.15) is 32.6 Å². The van der Waals surface area contributed by atoms with E-state index in [1.165, 1.54) is 0 Å². The lowest BCUT2D eigenvalue weighted by Crippen LogP contribution is -2.14. The van der Waals surface area contributed by atoms with Crippen LogP contribution in [-0.4, -0.2) is 32.3 Å². The minimum atomic E-state index is -4.29. The molecule has 0 bridgehead atoms. The van der Waals surface area contributed by atoms with Gasteiger partial charge in [-0.15, -0.1) is 0 Å². The lowest BCUT2D eigenvalue weighted by Gasteiger charge is -2.11. The van der Waals surface area contributed by atoms with Gasteiger partial charge in [0.05, 0.1) is 12.7 Å². The van der Waals surface area contributed by atoms with Gasteiger partial charge >= 0.3 is 10.4 Å². The molecule has 1 rings (SSSR count). The zero-order chi connectivity index (χ0) is 11.3. The molecule has 0 radical (unpaired) electrons. The minimum Gasteiger partial charge on any atom is -0.378 e. The Morgan fingerprint density at radius 1 is 1.40 bits per heavy atom. The number of hydrogen-bond donors (Lipinski definition) is 1. The largest absolute Gasteiger partial charge is 0.397 e. The second-order valence-corrected chi connectivity index (χ2v) is 4.98. The molecule has 1 aliphatic rings. The maximum atomic E-state index is 10.3. The Labute approximate surface area is 90.7 Å². The molecule has 0 aliphatic heterocycles. The molecule has 15 heavy (non-hydrogen) atoms. The van der Waals surface area contributed by atoms with Gasteiger partial charge in [-0.25, -0.2) is 4.18 Å². The Kier molecular flexibility index (Phi) is 4.98. The summed E-state index contributed by atoms with van der Waals surface area (Å²) in [5.74, 6) is 0.175. The minimum absolute atomic E-state index is 0.0603. The monoisotopic (exact) mass is 238 g/mol. The van der Waals surface area contributed by atoms with Gasteiger partial charge < -0.3 is 4.74 Å². The Balaban J connectivity index is 2.19. The number of ether oxygens (including phenoxy) is 1. The van der Waals surface area contributed by atoms with Crippen LogP contribution in [0.5, 0.6) is 0 Å². The molecule has 5 nitrogen and oxygen atoms in total. The van der Waals surface area contributed by atoms with Crippen LogP contribution in [0.2, 0.25) is 0 Å². The van der Waals surface area contributed by atoms with Crippen molar-refractivity contribution in [3.05, 3.63) is 0 Å². The van der Waals surface area contributed by atoms with E-state index in [0.29, 0.717) is 0 Å². The average molecular weight is 238 g/mol. The van der Waals surface area contributed by atoms with Crippen molar-refractivity contribution >= 4 is 10.4 Å². The van der Waals surface area contributed by atoms with E-state index in [4.69, 9.17) is 9.29 Å². The number of hydrogen-bond acceptors (Lipinski definition) is 4. The summed E-state index contributed by atoms with van der Waals surface area (Å²) in [5, 5.41) is 0. The molecule has 0 aromatic carbocycles. The first-order valence-electron chi connectivity index (χ1n) is 5.24. The van der Waals surface area contributed by atoms with E-state index in [9.17, 15) is 8.42 Å². The first-order valence-corrected chi connectivity index (χ1v) is 6.61. The molecule has 0 heterocycles. The predicted octanol–water partition coefficient (Wildman–Crippen LogP) is 1.40. The van der Waals surface area contributed by atoms with Crippen LogP contribution < -0.4 is 0 Å². The maximum Gasteiger partial charge on any atom is 0.397 e. The summed E-state index contributed by atoms with van der Waals surface area (Å²) in [4.78, 5) is 0. The standard InChI is InChI=1S/C9H18O5S/c1-2-5-13-9-4-3-8(6-9)7-14-15(10,11)12/h8-9H,2-7H2,1H3,(H,10,11,12). The van der Waals surface area contributed by atoms with Gasteiger partial charge in [0.25, 0.3) is 0 Å². The third-order valence-electron chi connectivity index (χ3n) is 2.50. The van der Waals surface area contributed by atoms with Gasteiger partial charge in [-0.1, -0.05) is 6.92 Å². The lowest BCUT2D eigenvalue weighted by atomic mass is 10.1. The fraction of sp³-hybridized carbons (Fsp3) is 1.00. The van der Waals surface area contributed by atoms with Crippen LogP contribution in [-0.2, 0) is 19.3 Å². The van der Waals surface area contributed by atoms with E-state index < -0.39 is 10.4 Å². The molecule has 0 amide bonds. The second kappa shape index (κ2) is 5.79. The van der Waals surface area contributed by atoms with Gasteiger partial charge in [0, 0.05) is 6.61 Å². The second-order valence-electron chi connectivity index (χ2n) is 3.88. The van der Waals surface area contributed by atoms with Crippen molar-refractivity contribution in [2.75, 3.05) is 13.2 Å². The molecule has 0 aromatic rings. The Bertz CT molecular complexity index is 274. The fourth-order valence-electron chi connectivity index (χ4n) is 1.80. The zero-order valence-electron chi connectivity index (χ0n) is 8.89. The van der Waals surface area contributed by atoms with Crippen molar-refractivity contribution in [3.8, 4) is 0 Å². The molecule has 0 spiro atoms. The fourth-order valence-corrected chi connectivity index (χ4v) is 2.16. The molecule has 1 saturated carbocycles. The van der Waals surface area contributed by atoms with Crippen LogP contribution in [0.25, 0.3) is 0 Å². The number of rotatable bonds is 6. The van der Waals surface area contributed by atoms with Crippen molar-refractivity contribution in [2.24, 2.45) is 5.92 Å². The normalized spacial score (nSPS) is 27.1. The van der Waals surface area contributed by atoms with Gasteiger partial charge in [-0.2, -0.15) is 8.42 Å². The van der Waals surface area contributed by atoms with Crippen LogP contribution in [0.4, 0.5) is 0 Å². The third-order valence-corrected chi connectivity index (χ3v) is 2.94. The molecule has 1 fully saturated rings. The highest BCUT2D eigenvalue weighted by atomic mass is 32.3. The zero-order valence-corrected chi connectivity index (χ0v) is 9.70. The molecule has 2 unspecified atom stereocenters. The van der Waals surface area contributed by atoms with Crippen molar-refractivity contribution < 1.29 is 21.9 Å². The summed E-state index contributed by atoms with van der Waals surface area (Å²) in [6.45, 7) is 2.86. The van der Waals surface area contributed by atoms with E-state index in [0.717, 1.165) is 32.3 Å². The lowest BCUT2D eigenvalue weighted by molar-refractivity contribution is 0.0539. The smallest absolute Gasteiger partial charge is 0.378 e. The Morgan fingerprint density at radius 3 is 2.73 bits per heavy atom. The van der Waals surface area contributed by atoms with Gasteiger partial charge in [-0.05, 0) is 31.6 Å². The van der Waals surface area contributed by atoms with Crippen LogP contribution in [0, 0.1) is 5.92 Å². The molecule has 1 N–H and O–H groups in total. The first kappa shape index (κ1) is 12.9. The highest BCUT2D eigenvalue weighted by molar-refractivity contribution is 7.80. The highest BCUT2D eigenvalue weighted by Crippen LogP contribution is 2.28. The van der Waals surface area contributed by atoms with Crippen molar-refractivity contribution in [2.45, 2.75) is 38.7 Å². The van der Waals surface area contributed by atoms with E-state index in [2.05, 4.69) is 4.18 Å². The van der Waals surface area contributed by atoms with Gasteiger partial charge in [0.15, 0.2) is 0 Å². The van der Waals surface area contributed by atoms with Crippen LogP contribution in [0.3, 0.4) is 0 Å². The topological polar surface area (TPSA) is 72.8 Å². The summed E-state index contributed by atoms with van der Waals surface area (Å²) in [7, 11) is -4.29. The SMILES string of the molecule is CCCOC1CCC(COS(=O)(=O)O)C1. The van der Waals surface area contributed by atoms with Crippen molar-refractivity contribution in [3.63, 3.8) is 0 Å². The molecule has 1 aliphatic carbocycles. The molecule has 0 saturated heterocycles. The molecular weight excluding hydrogens is 220 g/mol. The summed E-state index contributed by atoms with van der Waals surface area (Å²) in [6, 6.07) is 0. The van der Waals surface area contributed by atoms with Gasteiger partial charge in [0.1, 0.15) is 0 Å². The van der Waals surface area contributed by atoms with Crippen LogP contribution >= 0.6 is 0 Å². The van der Waals surface area contributed by atoms with E-state index in [-0.39, 0.29) is 18.6 Å². The highest BCUT2D eigenvalue weighted by Gasteiger charge is 2.26. The maximum absolute atomic E-state index is 10.3. The summed E-state index contributed by atoms with van der Waals surface area (Å²) in [6.07, 6.45) is 3.86. The molecule has 2 atom stereocenters. The Morgan fingerprint density at radius 2 is 2.13 bits per heavy atom. The average Bonchev–Trinajstić information content (AvgIpc) is 2.58. The van der Waals surface area contributed by atoms with Crippen molar-refractivity contribution in [1.82, 2.24) is 0 Å². The molecule has 6 heteroatoms. The van der Waals surface area contributed by atoms with E-state index >= 15 is 0 Å². The predicted molar refractivity (Wildman–Crippen MR) is 54.9 cm³/mol. The molecule has 90 valence electrons. The van der Waals surface area contributed by atoms with Crippen molar-refractivity contribution in [1.29, 1.82) is 0 Å². The van der Waals surface area contributed by atoms with Gasteiger partial charge in [0.2, 0.25) is 0 Å². The Hall–Kier alpha value is -0.170. The van der Waals surface area contributed by atoms with E-state index in [1.54, 1.807) is 0 Å². The first-order chi connectivity index (χ1) is 7.01. The third kappa shape index (κ3) is 5.46. The van der Waals surface area contributed by atoms with E-state index in [1.807, 2.05) is 6.92 Å². The van der Waals surface area contributed by atoms with Gasteiger partial charge in [-0.3, -0.25) is 4.55 Å². The quantitative estimate of drug-likeness (QED) is 0.708.